The second-order valence-electron chi connectivity index (χ2n) is 3.90. The highest BCUT2D eigenvalue weighted by Crippen LogP contribution is 2.06. The summed E-state index contributed by atoms with van der Waals surface area (Å²) < 4.78 is 10.2. The van der Waals surface area contributed by atoms with Gasteiger partial charge in [0.15, 0.2) is 0 Å². The molecule has 0 fully saturated rings. The molecule has 0 spiro atoms. The number of hydrogen-bond acceptors (Lipinski definition) is 4. The van der Waals surface area contributed by atoms with E-state index < -0.39 is 0 Å². The molecule has 0 bridgehead atoms. The molecule has 0 aliphatic rings. The van der Waals surface area contributed by atoms with E-state index >= 15 is 0 Å². The van der Waals surface area contributed by atoms with Crippen molar-refractivity contribution in [2.45, 2.75) is 13.0 Å². The van der Waals surface area contributed by atoms with Crippen molar-refractivity contribution in [3.05, 3.63) is 35.4 Å². The Hall–Kier alpha value is -1.41. The maximum absolute atomic E-state index is 8.93. The summed E-state index contributed by atoms with van der Waals surface area (Å²) in [5.41, 5.74) is 1.78. The van der Waals surface area contributed by atoms with E-state index in [0.29, 0.717) is 13.2 Å². The van der Waals surface area contributed by atoms with Gasteiger partial charge in [-0.2, -0.15) is 5.26 Å². The fourth-order valence-electron chi connectivity index (χ4n) is 1.55. The van der Waals surface area contributed by atoms with Gasteiger partial charge >= 0.3 is 0 Å². The molecule has 1 aromatic carbocycles. The lowest BCUT2D eigenvalue weighted by Gasteiger charge is -2.07. The zero-order valence-corrected chi connectivity index (χ0v) is 10.8. The fraction of sp³-hybridized carbons (Fsp3) is 0.500. The Bertz CT molecular complexity index is 374. The van der Waals surface area contributed by atoms with Crippen LogP contribution in [0.1, 0.15) is 17.5 Å². The number of benzene rings is 1. The van der Waals surface area contributed by atoms with Gasteiger partial charge in [0.1, 0.15) is 0 Å². The van der Waals surface area contributed by atoms with Crippen molar-refractivity contribution < 1.29 is 9.47 Å². The van der Waals surface area contributed by atoms with E-state index in [2.05, 4.69) is 11.4 Å². The number of nitrogens with zero attached hydrogens (tertiary/aromatic N) is 1. The molecule has 0 aliphatic carbocycles. The molecule has 0 saturated carbocycles. The van der Waals surface area contributed by atoms with Gasteiger partial charge in [-0.25, -0.2) is 0 Å². The Morgan fingerprint density at radius 3 is 2.83 bits per heavy atom. The SMILES string of the molecule is COCCOCCCNCc1ccccc1C#N. The molecule has 98 valence electrons. The van der Waals surface area contributed by atoms with Crippen LogP contribution in [0.25, 0.3) is 0 Å². The zero-order chi connectivity index (χ0) is 13.1. The minimum absolute atomic E-state index is 0.642. The number of hydrogen-bond donors (Lipinski definition) is 1. The summed E-state index contributed by atoms with van der Waals surface area (Å²) in [4.78, 5) is 0. The molecule has 0 aliphatic heterocycles. The first-order valence-corrected chi connectivity index (χ1v) is 6.14. The molecule has 4 nitrogen and oxygen atoms in total. The molecule has 0 unspecified atom stereocenters. The van der Waals surface area contributed by atoms with E-state index in [4.69, 9.17) is 14.7 Å². The quantitative estimate of drug-likeness (QED) is 0.676. The number of nitrogens with one attached hydrogen (secondary N) is 1. The third kappa shape index (κ3) is 5.78. The van der Waals surface area contributed by atoms with Crippen molar-refractivity contribution in [1.29, 1.82) is 5.26 Å². The van der Waals surface area contributed by atoms with Crippen LogP contribution in [0.3, 0.4) is 0 Å². The average molecular weight is 248 g/mol. The van der Waals surface area contributed by atoms with Gasteiger partial charge in [-0.15, -0.1) is 0 Å². The second kappa shape index (κ2) is 9.60. The van der Waals surface area contributed by atoms with Crippen molar-refractivity contribution in [3.63, 3.8) is 0 Å². The number of nitriles is 1. The van der Waals surface area contributed by atoms with Gasteiger partial charge < -0.3 is 14.8 Å². The fourth-order valence-corrected chi connectivity index (χ4v) is 1.55. The maximum atomic E-state index is 8.93. The van der Waals surface area contributed by atoms with Gasteiger partial charge in [0.05, 0.1) is 24.8 Å². The summed E-state index contributed by atoms with van der Waals surface area (Å²) in [6, 6.07) is 9.83. The predicted octanol–water partition coefficient (Wildman–Crippen LogP) is 1.70. The van der Waals surface area contributed by atoms with Crippen LogP contribution < -0.4 is 5.32 Å². The minimum atomic E-state index is 0.642. The molecule has 1 N–H and O–H groups in total. The van der Waals surface area contributed by atoms with Crippen molar-refractivity contribution in [2.24, 2.45) is 0 Å². The highest BCUT2D eigenvalue weighted by atomic mass is 16.5. The third-order valence-electron chi connectivity index (χ3n) is 2.53. The zero-order valence-electron chi connectivity index (χ0n) is 10.8. The summed E-state index contributed by atoms with van der Waals surface area (Å²) >= 11 is 0. The van der Waals surface area contributed by atoms with E-state index in [1.54, 1.807) is 7.11 Å². The molecular formula is C14H20N2O2. The van der Waals surface area contributed by atoms with E-state index in [1.165, 1.54) is 0 Å². The second-order valence-corrected chi connectivity index (χ2v) is 3.90. The van der Waals surface area contributed by atoms with Gasteiger partial charge in [-0.1, -0.05) is 18.2 Å². The van der Waals surface area contributed by atoms with Gasteiger partial charge in [0.25, 0.3) is 0 Å². The molecule has 0 atom stereocenters. The van der Waals surface area contributed by atoms with Crippen LogP contribution in [0.15, 0.2) is 24.3 Å². The van der Waals surface area contributed by atoms with Crippen LogP contribution in [0.5, 0.6) is 0 Å². The monoisotopic (exact) mass is 248 g/mol. The van der Waals surface area contributed by atoms with E-state index in [-0.39, 0.29) is 0 Å². The van der Waals surface area contributed by atoms with Crippen molar-refractivity contribution >= 4 is 0 Å². The molecule has 0 heterocycles. The van der Waals surface area contributed by atoms with Crippen LogP contribution >= 0.6 is 0 Å². The van der Waals surface area contributed by atoms with E-state index in [0.717, 1.165) is 37.2 Å². The van der Waals surface area contributed by atoms with E-state index in [9.17, 15) is 0 Å². The number of methoxy groups -OCH3 is 1. The molecule has 18 heavy (non-hydrogen) atoms. The van der Waals surface area contributed by atoms with Gasteiger partial charge in [-0.3, -0.25) is 0 Å². The summed E-state index contributed by atoms with van der Waals surface area (Å²) in [5, 5.41) is 12.2. The first-order chi connectivity index (χ1) is 8.88. The lowest BCUT2D eigenvalue weighted by molar-refractivity contribution is 0.0695. The largest absolute Gasteiger partial charge is 0.382 e. The predicted molar refractivity (Wildman–Crippen MR) is 70.2 cm³/mol. The standard InChI is InChI=1S/C14H20N2O2/c1-17-9-10-18-8-4-7-16-12-14-6-3-2-5-13(14)11-15/h2-3,5-6,16H,4,7-10,12H2,1H3. The Morgan fingerprint density at radius 2 is 2.06 bits per heavy atom. The van der Waals surface area contributed by atoms with Gasteiger partial charge in [0.2, 0.25) is 0 Å². The van der Waals surface area contributed by atoms with Crippen molar-refractivity contribution in [3.8, 4) is 6.07 Å². The average Bonchev–Trinajstić information content (AvgIpc) is 2.42. The highest BCUT2D eigenvalue weighted by molar-refractivity contribution is 5.37. The van der Waals surface area contributed by atoms with Crippen molar-refractivity contribution in [2.75, 3.05) is 33.5 Å². The summed E-state index contributed by atoms with van der Waals surface area (Å²) in [6.07, 6.45) is 0.957. The van der Waals surface area contributed by atoms with Crippen LogP contribution in [0, 0.1) is 11.3 Å². The molecule has 4 heteroatoms. The first-order valence-electron chi connectivity index (χ1n) is 6.14. The molecule has 1 rings (SSSR count). The smallest absolute Gasteiger partial charge is 0.0995 e. The number of rotatable bonds is 9. The molecule has 0 radical (unpaired) electrons. The Kier molecular flexibility index (Phi) is 7.82. The Balaban J connectivity index is 2.09. The van der Waals surface area contributed by atoms with E-state index in [1.807, 2.05) is 24.3 Å². The normalized spacial score (nSPS) is 10.2. The molecular weight excluding hydrogens is 228 g/mol. The maximum Gasteiger partial charge on any atom is 0.0995 e. The molecule has 0 aromatic heterocycles. The lowest BCUT2D eigenvalue weighted by Crippen LogP contribution is -2.17. The van der Waals surface area contributed by atoms with Gasteiger partial charge in [-0.05, 0) is 24.6 Å². The highest BCUT2D eigenvalue weighted by Gasteiger charge is 1.99. The summed E-state index contributed by atoms with van der Waals surface area (Å²) in [5.74, 6) is 0. The Morgan fingerprint density at radius 1 is 1.22 bits per heavy atom. The van der Waals surface area contributed by atoms with Gasteiger partial charge in [0, 0.05) is 20.3 Å². The summed E-state index contributed by atoms with van der Waals surface area (Å²) in [7, 11) is 1.66. The third-order valence-corrected chi connectivity index (χ3v) is 2.53. The lowest BCUT2D eigenvalue weighted by atomic mass is 10.1. The summed E-state index contributed by atoms with van der Waals surface area (Å²) in [6.45, 7) is 3.63. The molecule has 0 amide bonds. The van der Waals surface area contributed by atoms with Crippen LogP contribution in [0.2, 0.25) is 0 Å². The first kappa shape index (κ1) is 14.7. The van der Waals surface area contributed by atoms with Crippen LogP contribution in [0.4, 0.5) is 0 Å². The van der Waals surface area contributed by atoms with Crippen LogP contribution in [-0.4, -0.2) is 33.5 Å². The molecule has 0 saturated heterocycles. The Labute approximate surface area is 109 Å². The van der Waals surface area contributed by atoms with Crippen molar-refractivity contribution in [1.82, 2.24) is 5.32 Å². The topological polar surface area (TPSA) is 54.3 Å². The number of ether oxygens (including phenoxy) is 2. The minimum Gasteiger partial charge on any atom is -0.382 e. The molecule has 1 aromatic rings. The van der Waals surface area contributed by atoms with Crippen LogP contribution in [-0.2, 0) is 16.0 Å².